The van der Waals surface area contributed by atoms with Gasteiger partial charge < -0.3 is 93.9 Å². The molecule has 8 rings (SSSR count). The number of rotatable bonds is 33. The number of nitrogens with one attached hydrogen (secondary N) is 5. The molecule has 2 heterocycles. The number of ketones is 1. The molecule has 7 amide bonds. The van der Waals surface area contributed by atoms with E-state index in [9.17, 15) is 63.0 Å². The van der Waals surface area contributed by atoms with Crippen LogP contribution >= 0.6 is 11.8 Å². The molecule has 2 bridgehead atoms. The number of imide groups is 1. The smallest absolute Gasteiger partial charge is 0.350 e. The van der Waals surface area contributed by atoms with Crippen molar-refractivity contribution < 1.29 is 101 Å². The zero-order valence-electron chi connectivity index (χ0n) is 61.0. The van der Waals surface area contributed by atoms with Gasteiger partial charge in [0.05, 0.1) is 47.3 Å². The van der Waals surface area contributed by atoms with E-state index in [0.29, 0.717) is 6.42 Å². The number of esters is 5. The summed E-state index contributed by atoms with van der Waals surface area (Å²) in [5.74, 6) is -13.6. The first-order valence-electron chi connectivity index (χ1n) is 35.2. The molecule has 0 spiro atoms. The van der Waals surface area contributed by atoms with Crippen molar-refractivity contribution in [3.63, 3.8) is 0 Å². The topological polar surface area (TPSA) is 536 Å². The Kier molecular flexibility index (Phi) is 27.8. The molecule has 3 aromatic carbocycles. The quantitative estimate of drug-likeness (QED) is 0.00675. The fourth-order valence-electron chi connectivity index (χ4n) is 14.7. The number of aliphatic hydroxyl groups excluding tert-OH is 1. The third kappa shape index (κ3) is 18.9. The molecule has 3 aliphatic carbocycles. The van der Waals surface area contributed by atoms with Gasteiger partial charge in [0.2, 0.25) is 41.5 Å². The minimum atomic E-state index is -2.60. The summed E-state index contributed by atoms with van der Waals surface area (Å²) in [6.07, 6.45) is -12.5. The molecule has 17 N–H and O–H groups in total. The average Bonchev–Trinajstić information content (AvgIpc) is 0.688. The molecule has 3 aromatic rings. The third-order valence-corrected chi connectivity index (χ3v) is 21.7. The van der Waals surface area contributed by atoms with Crippen LogP contribution in [-0.2, 0) is 81.2 Å². The largest absolute Gasteiger partial charge is 0.455 e. The first-order chi connectivity index (χ1) is 51.1. The van der Waals surface area contributed by atoms with E-state index >= 15 is 9.59 Å². The fraction of sp³-hybridized carbons (Fsp3) is 0.521. The molecule has 35 heteroatoms. The molecule has 2 saturated heterocycles. The van der Waals surface area contributed by atoms with Gasteiger partial charge in [0.25, 0.3) is 5.91 Å². The number of thioether (sulfide) groups is 1. The van der Waals surface area contributed by atoms with Crippen LogP contribution in [0.5, 0.6) is 0 Å². The molecule has 34 nitrogen and oxygen atoms in total. The Labute approximate surface area is 626 Å². The third-order valence-electron chi connectivity index (χ3n) is 20.3. The van der Waals surface area contributed by atoms with Crippen molar-refractivity contribution in [3.8, 4) is 0 Å². The summed E-state index contributed by atoms with van der Waals surface area (Å²) in [6, 6.07) is 18.1. The Morgan fingerprint density at radius 2 is 1.34 bits per heavy atom. The normalized spacial score (nSPS) is 25.3. The number of ether oxygens (including phenoxy) is 6. The molecule has 0 aromatic heterocycles. The summed E-state index contributed by atoms with van der Waals surface area (Å²) in [5, 5.41) is 38.5. The van der Waals surface area contributed by atoms with Gasteiger partial charge in [-0.15, -0.1) is 11.8 Å². The Morgan fingerprint density at radius 1 is 0.750 bits per heavy atom. The number of hydrogen-bond acceptors (Lipinski definition) is 25. The van der Waals surface area contributed by atoms with Gasteiger partial charge in [0, 0.05) is 89.5 Å². The lowest BCUT2D eigenvalue weighted by Crippen LogP contribution is -2.82. The molecule has 2 aliphatic heterocycles. The van der Waals surface area contributed by atoms with Gasteiger partial charge in [-0.2, -0.15) is 0 Å². The van der Waals surface area contributed by atoms with Gasteiger partial charge >= 0.3 is 29.8 Å². The van der Waals surface area contributed by atoms with E-state index in [2.05, 4.69) is 36.6 Å². The van der Waals surface area contributed by atoms with Crippen LogP contribution in [-0.4, -0.2) is 221 Å². The highest BCUT2D eigenvalue weighted by Gasteiger charge is 2.78. The van der Waals surface area contributed by atoms with Gasteiger partial charge in [-0.25, -0.2) is 9.59 Å². The highest BCUT2D eigenvalue weighted by molar-refractivity contribution is 8.00. The van der Waals surface area contributed by atoms with E-state index in [4.69, 9.17) is 57.1 Å². The number of amides is 7. The van der Waals surface area contributed by atoms with Crippen molar-refractivity contribution in [2.45, 2.75) is 177 Å². The minimum Gasteiger partial charge on any atom is -0.455 e. The van der Waals surface area contributed by atoms with Crippen molar-refractivity contribution in [1.29, 1.82) is 0 Å². The first-order valence-corrected chi connectivity index (χ1v) is 36.3. The highest BCUT2D eigenvalue weighted by atomic mass is 32.2. The SMILES string of the molecule is CNC(=O)[C@H](CCCN=C(N)N)NC(=O)[C@H](CCCN=C(N)N)NC(=O)CCNC(=O)[C@@H](N)CSC1CC(=O)N(CCC(=O)O[C@@H](C(=O)O[C@H]2C[C@@]3(O)C(OC(=O)c4ccccc4)C4[C@](C)(C(=O)[C@H](OC(C)=O)C(=C2C)C3(C)C)[C@@H](O)C[C@H]2OC[C@@]42OC(C)=O)[C@@H](NC(=O)c2ccccc2)c2ccccc2)C1=O. The number of carbonyl (C=O) groups excluding carboxylic acids is 13. The van der Waals surface area contributed by atoms with Crippen LogP contribution in [0, 0.1) is 16.7 Å². The molecule has 0 radical (unpaired) electrons. The number of guanidine groups is 2. The predicted molar refractivity (Wildman–Crippen MR) is 387 cm³/mol. The standard InChI is InChI=1S/C73H95N13O21S/c1-38-47(35-73(101)60(106-66(99)43-23-15-10-16-24-43)58-71(6,49(89)34-50-72(58,37-102-50)107-40(3)88)59(93)56(103-39(2)87)54(38)70(73,4)5)104-67(100)57(55(41-19-11-8-12-20-41)85-61(94)42-21-13-9-14-22-42)105-53(92)28-32-86-52(91)33-48(65(86)98)108-36-44(74)62(95)80-31-27-51(90)83-46(26-18-30-82-69(77)78)64(97)84-45(63(96)79-7)25-17-29-81-68(75)76/h8-16,19-24,44-50,55-58,60,89,101H,17-18,25-37,74H2,1-7H3,(H,79,96)(H,80,95)(H,83,90)(H,84,97)(H,85,94)(H4,75,76,81)(H4,77,78,82)/t44-,45-,46-,47-,48?,49-,50+,55-,56+,57+,58?,60?,71+,72-,73+/m0/s1. The predicted octanol–water partition coefficient (Wildman–Crippen LogP) is -0.806. The van der Waals surface area contributed by atoms with E-state index in [1.807, 2.05) is 0 Å². The van der Waals surface area contributed by atoms with Crippen LogP contribution in [0.4, 0.5) is 0 Å². The summed E-state index contributed by atoms with van der Waals surface area (Å²) in [4.78, 5) is 191. The van der Waals surface area contributed by atoms with Gasteiger partial charge in [-0.3, -0.25) is 67.6 Å². The number of benzene rings is 3. The molecule has 584 valence electrons. The molecular formula is C73H95N13O21S. The van der Waals surface area contributed by atoms with Gasteiger partial charge in [-0.1, -0.05) is 80.6 Å². The molecule has 15 atom stereocenters. The zero-order chi connectivity index (χ0) is 79.2. The Bertz CT molecular complexity index is 3970. The van der Waals surface area contributed by atoms with E-state index in [0.717, 1.165) is 30.5 Å². The van der Waals surface area contributed by atoms with Crippen molar-refractivity contribution in [2.75, 3.05) is 45.6 Å². The zero-order valence-corrected chi connectivity index (χ0v) is 61.8. The number of fused-ring (bicyclic) bond motifs is 5. The average molecular weight is 1520 g/mol. The summed E-state index contributed by atoms with van der Waals surface area (Å²) < 4.78 is 37.1. The fourth-order valence-corrected chi connectivity index (χ4v) is 15.8. The number of likely N-dealkylation sites (tertiary alicyclic amines) is 1. The second kappa shape index (κ2) is 36.0. The number of likely N-dealkylation sites (N-methyl/N-ethyl adjacent to an activating group) is 1. The first kappa shape index (κ1) is 83.3. The maximum absolute atomic E-state index is 16.0. The van der Waals surface area contributed by atoms with Gasteiger partial charge in [-0.05, 0) is 80.5 Å². The van der Waals surface area contributed by atoms with Crippen LogP contribution in [0.2, 0.25) is 0 Å². The van der Waals surface area contributed by atoms with E-state index in [1.54, 1.807) is 54.6 Å². The molecular weight excluding hydrogens is 1430 g/mol. The van der Waals surface area contributed by atoms with E-state index in [-0.39, 0.29) is 104 Å². The number of hydrogen-bond donors (Lipinski definition) is 12. The lowest BCUT2D eigenvalue weighted by Gasteiger charge is -2.67. The second-order valence-corrected chi connectivity index (χ2v) is 29.1. The van der Waals surface area contributed by atoms with Gasteiger partial charge in [0.15, 0.2) is 29.4 Å². The molecule has 108 heavy (non-hydrogen) atoms. The van der Waals surface area contributed by atoms with Crippen LogP contribution in [0.3, 0.4) is 0 Å². The Balaban J connectivity index is 1.01. The van der Waals surface area contributed by atoms with Crippen molar-refractivity contribution in [1.82, 2.24) is 31.5 Å². The van der Waals surface area contributed by atoms with Crippen LogP contribution in [0.25, 0.3) is 0 Å². The van der Waals surface area contributed by atoms with Crippen LogP contribution in [0.15, 0.2) is 112 Å². The number of aliphatic hydroxyl groups is 2. The molecule has 3 unspecified atom stereocenters. The summed E-state index contributed by atoms with van der Waals surface area (Å²) >= 11 is 0.872. The number of nitrogens with two attached hydrogens (primary N) is 5. The maximum Gasteiger partial charge on any atom is 0.350 e. The van der Waals surface area contributed by atoms with Crippen molar-refractivity contribution in [2.24, 2.45) is 55.4 Å². The number of Topliss-reactive ketones (excluding diaryl/α,β-unsaturated/α-hetero) is 1. The maximum atomic E-state index is 16.0. The van der Waals surface area contributed by atoms with Crippen LogP contribution in [0.1, 0.15) is 132 Å². The highest BCUT2D eigenvalue weighted by Crippen LogP contribution is 2.64. The number of aliphatic imine (C=N–C) groups is 2. The van der Waals surface area contributed by atoms with Crippen LogP contribution < -0.4 is 55.3 Å². The Hall–Kier alpha value is -10.4. The van der Waals surface area contributed by atoms with E-state index < -0.39 is 197 Å². The number of nitrogens with zero attached hydrogens (tertiary/aromatic N) is 3. The lowest BCUT2D eigenvalue weighted by atomic mass is 9.44. The second-order valence-electron chi connectivity index (χ2n) is 27.8. The molecule has 4 fully saturated rings. The summed E-state index contributed by atoms with van der Waals surface area (Å²) in [7, 11) is 1.39. The Morgan fingerprint density at radius 3 is 1.91 bits per heavy atom. The number of carbonyl (C=O) groups is 13. The van der Waals surface area contributed by atoms with Crippen molar-refractivity contribution >= 4 is 101 Å². The molecule has 2 saturated carbocycles. The minimum absolute atomic E-state index is 0.0143. The van der Waals surface area contributed by atoms with E-state index in [1.165, 1.54) is 71.1 Å². The monoisotopic (exact) mass is 1520 g/mol. The summed E-state index contributed by atoms with van der Waals surface area (Å²) in [6.45, 7) is 6.88. The summed E-state index contributed by atoms with van der Waals surface area (Å²) in [5.41, 5.74) is 19.5. The molecule has 5 aliphatic rings. The van der Waals surface area contributed by atoms with Crippen molar-refractivity contribution in [3.05, 3.63) is 119 Å². The lowest BCUT2D eigenvalue weighted by molar-refractivity contribution is -0.346. The van der Waals surface area contributed by atoms with Gasteiger partial charge in [0.1, 0.15) is 42.0 Å².